The minimum absolute atomic E-state index is 0.0112. The summed E-state index contributed by atoms with van der Waals surface area (Å²) >= 11 is 5.92. The molecule has 5 nitrogen and oxygen atoms in total. The predicted octanol–water partition coefficient (Wildman–Crippen LogP) is 3.53. The van der Waals surface area contributed by atoms with E-state index in [1.54, 1.807) is 24.3 Å². The molecule has 2 aliphatic heterocycles. The van der Waals surface area contributed by atoms with Crippen LogP contribution in [0.25, 0.3) is 0 Å². The van der Waals surface area contributed by atoms with E-state index in [2.05, 4.69) is 42.3 Å². The maximum Gasteiger partial charge on any atom is 0.253 e. The van der Waals surface area contributed by atoms with Crippen LogP contribution >= 0.6 is 11.6 Å². The van der Waals surface area contributed by atoms with E-state index in [-0.39, 0.29) is 11.8 Å². The maximum absolute atomic E-state index is 12.8. The standard InChI is InChI=1S/C22H24ClN3O2/c1-15-11-16(2)13-19(12-15)26-14-24-21(28)22(26)7-9-25(10-8-22)20(27)17-3-5-18(23)6-4-17/h3-6,11-13H,7-10,14H2,1-2H3,(H,24,28). The van der Waals surface area contributed by atoms with Crippen LogP contribution in [0.5, 0.6) is 0 Å². The molecule has 0 radical (unpaired) electrons. The summed E-state index contributed by atoms with van der Waals surface area (Å²) in [7, 11) is 0. The number of benzene rings is 2. The van der Waals surface area contributed by atoms with Crippen molar-refractivity contribution < 1.29 is 9.59 Å². The first-order chi connectivity index (χ1) is 13.4. The van der Waals surface area contributed by atoms with E-state index in [1.165, 1.54) is 11.1 Å². The van der Waals surface area contributed by atoms with Crippen LogP contribution in [0.4, 0.5) is 5.69 Å². The molecule has 2 aromatic rings. The average molecular weight is 398 g/mol. The maximum atomic E-state index is 12.8. The van der Waals surface area contributed by atoms with Gasteiger partial charge in [-0.25, -0.2) is 0 Å². The quantitative estimate of drug-likeness (QED) is 0.843. The Morgan fingerprint density at radius 2 is 1.64 bits per heavy atom. The molecule has 0 saturated carbocycles. The zero-order valence-electron chi connectivity index (χ0n) is 16.2. The Balaban J connectivity index is 1.54. The molecule has 28 heavy (non-hydrogen) atoms. The van der Waals surface area contributed by atoms with Gasteiger partial charge in [0.2, 0.25) is 5.91 Å². The van der Waals surface area contributed by atoms with Crippen molar-refractivity contribution in [1.82, 2.24) is 10.2 Å². The number of aryl methyl sites for hydroxylation is 2. The number of piperidine rings is 1. The van der Waals surface area contributed by atoms with Gasteiger partial charge in [-0.1, -0.05) is 17.7 Å². The lowest BCUT2D eigenvalue weighted by atomic mass is 9.85. The summed E-state index contributed by atoms with van der Waals surface area (Å²) in [5.41, 5.74) is 3.47. The Labute approximate surface area is 170 Å². The van der Waals surface area contributed by atoms with Crippen LogP contribution < -0.4 is 10.2 Å². The summed E-state index contributed by atoms with van der Waals surface area (Å²) in [6.07, 6.45) is 1.23. The second-order valence-corrected chi connectivity index (χ2v) is 8.21. The van der Waals surface area contributed by atoms with Crippen LogP contribution in [0.3, 0.4) is 0 Å². The number of amides is 2. The highest BCUT2D eigenvalue weighted by atomic mass is 35.5. The highest BCUT2D eigenvalue weighted by Gasteiger charge is 2.50. The smallest absolute Gasteiger partial charge is 0.253 e. The molecule has 2 aliphatic rings. The Bertz CT molecular complexity index is 898. The number of rotatable bonds is 2. The number of halogens is 1. The zero-order valence-corrected chi connectivity index (χ0v) is 16.9. The van der Waals surface area contributed by atoms with Gasteiger partial charge in [-0.2, -0.15) is 0 Å². The largest absolute Gasteiger partial charge is 0.339 e. The van der Waals surface area contributed by atoms with E-state index in [0.29, 0.717) is 43.2 Å². The Hall–Kier alpha value is -2.53. The highest BCUT2D eigenvalue weighted by Crippen LogP contribution is 2.37. The van der Waals surface area contributed by atoms with E-state index in [1.807, 2.05) is 4.90 Å². The summed E-state index contributed by atoms with van der Waals surface area (Å²) in [6, 6.07) is 13.3. The second kappa shape index (κ2) is 7.13. The van der Waals surface area contributed by atoms with Gasteiger partial charge in [-0.15, -0.1) is 0 Å². The fraction of sp³-hybridized carbons (Fsp3) is 0.364. The minimum atomic E-state index is -0.586. The van der Waals surface area contributed by atoms with Crippen LogP contribution in [-0.4, -0.2) is 42.0 Å². The van der Waals surface area contributed by atoms with Gasteiger partial charge in [0.05, 0.1) is 6.67 Å². The van der Waals surface area contributed by atoms with Gasteiger partial charge in [0.1, 0.15) is 5.54 Å². The van der Waals surface area contributed by atoms with Gasteiger partial charge >= 0.3 is 0 Å². The first kappa shape index (κ1) is 18.8. The van der Waals surface area contributed by atoms with Crippen molar-refractivity contribution in [2.24, 2.45) is 0 Å². The van der Waals surface area contributed by atoms with Crippen molar-refractivity contribution in [2.45, 2.75) is 32.2 Å². The summed E-state index contributed by atoms with van der Waals surface area (Å²) in [5, 5.41) is 3.63. The lowest BCUT2D eigenvalue weighted by Gasteiger charge is -2.43. The molecule has 2 aromatic carbocycles. The summed E-state index contributed by atoms with van der Waals surface area (Å²) in [6.45, 7) is 5.75. The number of anilines is 1. The molecule has 1 N–H and O–H groups in total. The summed E-state index contributed by atoms with van der Waals surface area (Å²) < 4.78 is 0. The molecule has 1 spiro atoms. The summed E-state index contributed by atoms with van der Waals surface area (Å²) in [5.74, 6) is 0.0492. The number of likely N-dealkylation sites (tertiary alicyclic amines) is 1. The van der Waals surface area contributed by atoms with Gasteiger partial charge < -0.3 is 15.1 Å². The fourth-order valence-electron chi connectivity index (χ4n) is 4.39. The van der Waals surface area contributed by atoms with Crippen molar-refractivity contribution in [2.75, 3.05) is 24.7 Å². The Morgan fingerprint density at radius 3 is 2.25 bits per heavy atom. The lowest BCUT2D eigenvalue weighted by Crippen LogP contribution is -2.57. The van der Waals surface area contributed by atoms with Gasteiger partial charge in [0.15, 0.2) is 0 Å². The van der Waals surface area contributed by atoms with Gasteiger partial charge in [0, 0.05) is 29.4 Å². The van der Waals surface area contributed by atoms with Gasteiger partial charge in [-0.3, -0.25) is 9.59 Å². The lowest BCUT2D eigenvalue weighted by molar-refractivity contribution is -0.124. The van der Waals surface area contributed by atoms with Crippen molar-refractivity contribution in [3.05, 3.63) is 64.2 Å². The monoisotopic (exact) mass is 397 g/mol. The van der Waals surface area contributed by atoms with Crippen molar-refractivity contribution >= 4 is 29.1 Å². The number of carbonyl (C=O) groups is 2. The Kier molecular flexibility index (Phi) is 4.79. The molecule has 0 bridgehead atoms. The van der Waals surface area contributed by atoms with Crippen LogP contribution in [0, 0.1) is 13.8 Å². The molecule has 2 heterocycles. The van der Waals surface area contributed by atoms with E-state index in [9.17, 15) is 9.59 Å². The average Bonchev–Trinajstić information content (AvgIpc) is 2.98. The third-order valence-corrected chi connectivity index (χ3v) is 6.08. The second-order valence-electron chi connectivity index (χ2n) is 7.77. The molecule has 0 unspecified atom stereocenters. The van der Waals surface area contributed by atoms with Crippen molar-refractivity contribution in [3.63, 3.8) is 0 Å². The molecule has 0 aliphatic carbocycles. The Morgan fingerprint density at radius 1 is 1.04 bits per heavy atom. The molecule has 2 amide bonds. The minimum Gasteiger partial charge on any atom is -0.339 e. The number of nitrogens with zero attached hydrogens (tertiary/aromatic N) is 2. The molecule has 4 rings (SSSR count). The van der Waals surface area contributed by atoms with E-state index in [4.69, 9.17) is 11.6 Å². The number of nitrogens with one attached hydrogen (secondary N) is 1. The number of carbonyl (C=O) groups excluding carboxylic acids is 2. The third-order valence-electron chi connectivity index (χ3n) is 5.82. The van der Waals surface area contributed by atoms with Crippen molar-refractivity contribution in [1.29, 1.82) is 0 Å². The SMILES string of the molecule is Cc1cc(C)cc(N2CNC(=O)C23CCN(C(=O)c2ccc(Cl)cc2)CC3)c1. The first-order valence-electron chi connectivity index (χ1n) is 9.58. The molecular formula is C22H24ClN3O2. The summed E-state index contributed by atoms with van der Waals surface area (Å²) in [4.78, 5) is 29.6. The van der Waals surface area contributed by atoms with E-state index in [0.717, 1.165) is 5.69 Å². The number of hydrogen-bond donors (Lipinski definition) is 1. The zero-order chi connectivity index (χ0) is 19.9. The van der Waals surface area contributed by atoms with E-state index < -0.39 is 5.54 Å². The molecule has 6 heteroatoms. The molecule has 2 saturated heterocycles. The molecule has 146 valence electrons. The number of hydrogen-bond acceptors (Lipinski definition) is 3. The van der Waals surface area contributed by atoms with E-state index >= 15 is 0 Å². The first-order valence-corrected chi connectivity index (χ1v) is 9.96. The molecular weight excluding hydrogens is 374 g/mol. The molecule has 0 aromatic heterocycles. The van der Waals surface area contributed by atoms with Crippen LogP contribution in [0.1, 0.15) is 34.3 Å². The molecule has 2 fully saturated rings. The van der Waals surface area contributed by atoms with Crippen LogP contribution in [-0.2, 0) is 4.79 Å². The van der Waals surface area contributed by atoms with Crippen LogP contribution in [0.2, 0.25) is 5.02 Å². The predicted molar refractivity (Wildman–Crippen MR) is 111 cm³/mol. The van der Waals surface area contributed by atoms with Crippen molar-refractivity contribution in [3.8, 4) is 0 Å². The van der Waals surface area contributed by atoms with Gasteiger partial charge in [-0.05, 0) is 74.2 Å². The topological polar surface area (TPSA) is 52.7 Å². The third kappa shape index (κ3) is 3.24. The van der Waals surface area contributed by atoms with Gasteiger partial charge in [0.25, 0.3) is 5.91 Å². The highest BCUT2D eigenvalue weighted by molar-refractivity contribution is 6.30. The molecule has 0 atom stereocenters. The normalized spacial score (nSPS) is 18.5. The fourth-order valence-corrected chi connectivity index (χ4v) is 4.51. The van der Waals surface area contributed by atoms with Crippen LogP contribution in [0.15, 0.2) is 42.5 Å².